The molecule has 30 heavy (non-hydrogen) atoms. The first-order valence-electron chi connectivity index (χ1n) is 9.50. The van der Waals surface area contributed by atoms with Crippen molar-refractivity contribution in [3.63, 3.8) is 0 Å². The third-order valence-corrected chi connectivity index (χ3v) is 4.30. The van der Waals surface area contributed by atoms with E-state index in [1.54, 1.807) is 49.8 Å². The molecular formula is C23H27N5O2. The molecular weight excluding hydrogens is 378 g/mol. The van der Waals surface area contributed by atoms with Gasteiger partial charge >= 0.3 is 6.09 Å². The average Bonchev–Trinajstić information content (AvgIpc) is 2.75. The van der Waals surface area contributed by atoms with Gasteiger partial charge in [0.2, 0.25) is 0 Å². The van der Waals surface area contributed by atoms with Crippen LogP contribution in [0.2, 0.25) is 0 Å². The van der Waals surface area contributed by atoms with Crippen LogP contribution in [-0.4, -0.2) is 31.1 Å². The number of para-hydroxylation sites is 1. The number of nitriles is 1. The van der Waals surface area contributed by atoms with Crippen molar-refractivity contribution in [3.8, 4) is 11.8 Å². The summed E-state index contributed by atoms with van der Waals surface area (Å²) in [5, 5.41) is 15.2. The highest BCUT2D eigenvalue weighted by atomic mass is 16.6. The molecule has 156 valence electrons. The fourth-order valence-electron chi connectivity index (χ4n) is 2.75. The lowest BCUT2D eigenvalue weighted by atomic mass is 10.1. The number of ether oxygens (including phenoxy) is 1. The van der Waals surface area contributed by atoms with E-state index in [9.17, 15) is 10.1 Å². The molecule has 2 aromatic carbocycles. The van der Waals surface area contributed by atoms with Crippen LogP contribution in [0.5, 0.6) is 5.75 Å². The summed E-state index contributed by atoms with van der Waals surface area (Å²) >= 11 is 0. The molecule has 0 heterocycles. The van der Waals surface area contributed by atoms with E-state index in [1.807, 2.05) is 48.2 Å². The summed E-state index contributed by atoms with van der Waals surface area (Å²) < 4.78 is 5.30. The molecule has 0 bridgehead atoms. The monoisotopic (exact) mass is 405 g/mol. The van der Waals surface area contributed by atoms with E-state index in [-0.39, 0.29) is 6.04 Å². The average molecular weight is 406 g/mol. The van der Waals surface area contributed by atoms with Crippen LogP contribution >= 0.6 is 0 Å². The first-order valence-corrected chi connectivity index (χ1v) is 9.50. The molecule has 0 saturated heterocycles. The molecule has 1 amide bonds. The van der Waals surface area contributed by atoms with Gasteiger partial charge in [-0.3, -0.25) is 5.32 Å². The van der Waals surface area contributed by atoms with Crippen LogP contribution in [0.25, 0.3) is 0 Å². The smallest absolute Gasteiger partial charge is 0.410 e. The Morgan fingerprint density at radius 2 is 2.03 bits per heavy atom. The first-order chi connectivity index (χ1) is 14.5. The van der Waals surface area contributed by atoms with Gasteiger partial charge in [-0.2, -0.15) is 5.26 Å². The number of hydrogen-bond acceptors (Lipinski definition) is 6. The summed E-state index contributed by atoms with van der Waals surface area (Å²) in [7, 11) is 3.70. The molecule has 0 spiro atoms. The van der Waals surface area contributed by atoms with Crippen molar-refractivity contribution >= 4 is 17.5 Å². The quantitative estimate of drug-likeness (QED) is 0.648. The van der Waals surface area contributed by atoms with Crippen molar-refractivity contribution in [2.24, 2.45) is 0 Å². The largest absolute Gasteiger partial charge is 0.417 e. The van der Waals surface area contributed by atoms with Crippen LogP contribution in [-0.2, 0) is 6.54 Å². The van der Waals surface area contributed by atoms with E-state index in [2.05, 4.69) is 23.3 Å². The zero-order chi connectivity index (χ0) is 21.9. The van der Waals surface area contributed by atoms with Crippen LogP contribution in [0.3, 0.4) is 0 Å². The Kier molecular flexibility index (Phi) is 8.33. The molecule has 1 atom stereocenters. The summed E-state index contributed by atoms with van der Waals surface area (Å²) in [4.78, 5) is 16.0. The lowest BCUT2D eigenvalue weighted by Crippen LogP contribution is -2.28. The number of anilines is 2. The molecule has 2 N–H and O–H groups in total. The van der Waals surface area contributed by atoms with Crippen molar-refractivity contribution in [1.29, 1.82) is 5.26 Å². The van der Waals surface area contributed by atoms with Crippen LogP contribution in [0.15, 0.2) is 73.7 Å². The predicted molar refractivity (Wildman–Crippen MR) is 120 cm³/mol. The van der Waals surface area contributed by atoms with Gasteiger partial charge in [0.15, 0.2) is 0 Å². The number of rotatable bonds is 9. The highest BCUT2D eigenvalue weighted by molar-refractivity contribution is 5.87. The second kappa shape index (κ2) is 11.2. The molecule has 0 aliphatic heterocycles. The number of nitrogens with zero attached hydrogens (tertiary/aromatic N) is 3. The fourth-order valence-corrected chi connectivity index (χ4v) is 2.75. The topological polar surface area (TPSA) is 80.6 Å². The summed E-state index contributed by atoms with van der Waals surface area (Å²) in [5.41, 5.74) is 2.36. The van der Waals surface area contributed by atoms with Gasteiger partial charge in [0.1, 0.15) is 11.8 Å². The van der Waals surface area contributed by atoms with E-state index in [0.29, 0.717) is 18.0 Å². The molecule has 0 aliphatic carbocycles. The van der Waals surface area contributed by atoms with E-state index in [0.717, 1.165) is 11.3 Å². The van der Waals surface area contributed by atoms with E-state index >= 15 is 0 Å². The number of carbonyl (C=O) groups excluding carboxylic acids is 1. The highest BCUT2D eigenvalue weighted by Gasteiger charge is 2.17. The summed E-state index contributed by atoms with van der Waals surface area (Å²) in [5.74, 6) is 0.462. The number of nitrogens with one attached hydrogen (secondary N) is 2. The van der Waals surface area contributed by atoms with Gasteiger partial charge in [-0.25, -0.2) is 4.79 Å². The summed E-state index contributed by atoms with van der Waals surface area (Å²) in [6.07, 6.45) is 4.72. The third kappa shape index (κ3) is 6.31. The van der Waals surface area contributed by atoms with Gasteiger partial charge in [0.05, 0.1) is 6.07 Å². The maximum absolute atomic E-state index is 12.3. The molecule has 2 rings (SSSR count). The maximum atomic E-state index is 12.3. The Bertz CT molecular complexity index is 921. The lowest BCUT2D eigenvalue weighted by Gasteiger charge is -2.27. The number of carbonyl (C=O) groups is 1. The van der Waals surface area contributed by atoms with E-state index in [4.69, 9.17) is 4.74 Å². The number of hydrogen-bond donors (Lipinski definition) is 2. The van der Waals surface area contributed by atoms with Crippen molar-refractivity contribution in [1.82, 2.24) is 10.2 Å². The molecule has 1 unspecified atom stereocenters. The van der Waals surface area contributed by atoms with E-state index in [1.165, 1.54) is 0 Å². The molecule has 0 fully saturated rings. The number of benzene rings is 2. The minimum Gasteiger partial charge on any atom is -0.410 e. The van der Waals surface area contributed by atoms with Crippen LogP contribution in [0, 0.1) is 11.3 Å². The molecule has 2 aromatic rings. The van der Waals surface area contributed by atoms with Gasteiger partial charge < -0.3 is 19.9 Å². The Morgan fingerprint density at radius 3 is 2.67 bits per heavy atom. The minimum atomic E-state index is -0.575. The molecule has 7 heteroatoms. The van der Waals surface area contributed by atoms with Gasteiger partial charge in [-0.1, -0.05) is 24.8 Å². The zero-order valence-corrected chi connectivity index (χ0v) is 17.5. The molecule has 7 nitrogen and oxygen atoms in total. The van der Waals surface area contributed by atoms with Crippen molar-refractivity contribution in [3.05, 3.63) is 79.3 Å². The van der Waals surface area contributed by atoms with Gasteiger partial charge in [-0.05, 0) is 49.0 Å². The minimum absolute atomic E-state index is 0.385. The lowest BCUT2D eigenvalue weighted by molar-refractivity contribution is 0.215. The fraction of sp³-hybridized carbons (Fsp3) is 0.217. The number of amides is 1. The van der Waals surface area contributed by atoms with Crippen LogP contribution in [0.4, 0.5) is 16.2 Å². The molecule has 0 saturated carbocycles. The Balaban J connectivity index is 2.32. The molecule has 0 radical (unpaired) electrons. The standard InChI is InChI=1S/C23H27N5O2/c1-5-27(4)17-19-15-20(26-23(29)30-21-9-7-6-8-10-21)11-12-22(19)28(14-13-25-3)18(2)16-24/h5-15,18,25H,1,17H2,2-4H3,(H,26,29)/b14-13-. The first kappa shape index (κ1) is 22.4. The van der Waals surface area contributed by atoms with Crippen molar-refractivity contribution in [2.45, 2.75) is 19.5 Å². The van der Waals surface area contributed by atoms with Crippen molar-refractivity contribution in [2.75, 3.05) is 24.3 Å². The van der Waals surface area contributed by atoms with Crippen molar-refractivity contribution < 1.29 is 9.53 Å². The zero-order valence-electron chi connectivity index (χ0n) is 17.5. The SMILES string of the molecule is C=CN(C)Cc1cc(NC(=O)Oc2ccccc2)ccc1N(/C=C\NC)C(C)C#N. The third-order valence-electron chi connectivity index (χ3n) is 4.30. The Hall–Kier alpha value is -3.92. The molecule has 0 aliphatic rings. The second-order valence-electron chi connectivity index (χ2n) is 6.59. The van der Waals surface area contributed by atoms with Crippen LogP contribution < -0.4 is 20.3 Å². The van der Waals surface area contributed by atoms with Gasteiger partial charge in [-0.15, -0.1) is 0 Å². The summed E-state index contributed by atoms with van der Waals surface area (Å²) in [6.45, 7) is 6.17. The van der Waals surface area contributed by atoms with Crippen LogP contribution in [0.1, 0.15) is 12.5 Å². The predicted octanol–water partition coefficient (Wildman–Crippen LogP) is 4.28. The van der Waals surface area contributed by atoms with Gasteiger partial charge in [0, 0.05) is 44.4 Å². The van der Waals surface area contributed by atoms with E-state index < -0.39 is 6.09 Å². The highest BCUT2D eigenvalue weighted by Crippen LogP contribution is 2.28. The van der Waals surface area contributed by atoms with Gasteiger partial charge in [0.25, 0.3) is 0 Å². The normalized spacial score (nSPS) is 11.3. The second-order valence-corrected chi connectivity index (χ2v) is 6.59. The maximum Gasteiger partial charge on any atom is 0.417 e. The summed E-state index contributed by atoms with van der Waals surface area (Å²) in [6, 6.07) is 16.3. The molecule has 0 aromatic heterocycles. The Morgan fingerprint density at radius 1 is 1.30 bits per heavy atom. The Labute approximate surface area is 177 Å².